The molecule has 0 spiro atoms. The highest BCUT2D eigenvalue weighted by Crippen LogP contribution is 2.26. The average molecular weight is 317 g/mol. The van der Waals surface area contributed by atoms with Crippen molar-refractivity contribution in [2.45, 2.75) is 45.8 Å². The molecule has 0 saturated carbocycles. The minimum atomic E-state index is -1.24. The first-order valence-electron chi connectivity index (χ1n) is 7.67. The first-order valence-corrected chi connectivity index (χ1v) is 7.67. The molecule has 2 rings (SSSR count). The summed E-state index contributed by atoms with van der Waals surface area (Å²) in [6, 6.07) is 8.75. The molecule has 124 valence electrons. The molecule has 0 saturated heterocycles. The Bertz CT molecular complexity index is 650. The zero-order valence-electron chi connectivity index (χ0n) is 13.9. The predicted octanol–water partition coefficient (Wildman–Crippen LogP) is 2.49. The van der Waals surface area contributed by atoms with E-state index in [4.69, 9.17) is 4.52 Å². The molecule has 2 N–H and O–H groups in total. The van der Waals surface area contributed by atoms with Gasteiger partial charge in [-0.3, -0.25) is 4.79 Å². The van der Waals surface area contributed by atoms with Gasteiger partial charge < -0.3 is 14.9 Å². The molecule has 0 aliphatic rings. The maximum Gasteiger partial charge on any atom is 0.249 e. The van der Waals surface area contributed by atoms with E-state index in [-0.39, 0.29) is 24.3 Å². The van der Waals surface area contributed by atoms with Gasteiger partial charge in [-0.2, -0.15) is 4.98 Å². The number of hydrogen-bond acceptors (Lipinski definition) is 5. The van der Waals surface area contributed by atoms with Gasteiger partial charge in [0.1, 0.15) is 6.04 Å². The van der Waals surface area contributed by atoms with Crippen molar-refractivity contribution in [1.82, 2.24) is 15.5 Å². The third kappa shape index (κ3) is 4.39. The van der Waals surface area contributed by atoms with Gasteiger partial charge in [-0.15, -0.1) is 0 Å². The molecule has 1 aromatic carbocycles. The van der Waals surface area contributed by atoms with E-state index in [0.717, 1.165) is 0 Å². The van der Waals surface area contributed by atoms with Crippen LogP contribution in [0.15, 0.2) is 34.9 Å². The van der Waals surface area contributed by atoms with Crippen molar-refractivity contribution >= 4 is 5.91 Å². The van der Waals surface area contributed by atoms with Gasteiger partial charge >= 0.3 is 0 Å². The highest BCUT2D eigenvalue weighted by atomic mass is 16.5. The third-order valence-electron chi connectivity index (χ3n) is 3.69. The van der Waals surface area contributed by atoms with E-state index in [1.54, 1.807) is 26.0 Å². The van der Waals surface area contributed by atoms with Gasteiger partial charge in [0.25, 0.3) is 0 Å². The fourth-order valence-corrected chi connectivity index (χ4v) is 2.39. The lowest BCUT2D eigenvalue weighted by atomic mass is 9.92. The van der Waals surface area contributed by atoms with Crippen LogP contribution in [0.1, 0.15) is 50.5 Å². The van der Waals surface area contributed by atoms with Crippen molar-refractivity contribution in [1.29, 1.82) is 0 Å². The minimum absolute atomic E-state index is 0.0483. The zero-order valence-corrected chi connectivity index (χ0v) is 13.9. The summed E-state index contributed by atoms with van der Waals surface area (Å²) in [6.07, 6.45) is -0.0483. The van der Waals surface area contributed by atoms with Crippen LogP contribution in [-0.4, -0.2) is 21.2 Å². The molecular formula is C17H23N3O3. The molecule has 6 nitrogen and oxygen atoms in total. The lowest BCUT2D eigenvalue weighted by molar-refractivity contribution is -0.127. The summed E-state index contributed by atoms with van der Waals surface area (Å²) in [4.78, 5) is 16.6. The molecule has 0 aliphatic heterocycles. The maximum atomic E-state index is 12.4. The standard InChI is InChI=1S/C17H23N3O3/c1-11(2)15(16-18-12(3)20-23-16)19-14(21)10-17(4,22)13-8-6-5-7-9-13/h5-9,11,15,22H,10H2,1-4H3,(H,19,21). The van der Waals surface area contributed by atoms with Crippen molar-refractivity contribution in [2.24, 2.45) is 5.92 Å². The van der Waals surface area contributed by atoms with Crippen LogP contribution in [0.25, 0.3) is 0 Å². The van der Waals surface area contributed by atoms with E-state index in [2.05, 4.69) is 15.5 Å². The Morgan fingerprint density at radius 2 is 2.00 bits per heavy atom. The Hall–Kier alpha value is -2.21. The zero-order chi connectivity index (χ0) is 17.0. The number of hydrogen-bond donors (Lipinski definition) is 2. The predicted molar refractivity (Wildman–Crippen MR) is 85.4 cm³/mol. The van der Waals surface area contributed by atoms with E-state index >= 15 is 0 Å². The molecule has 1 aromatic heterocycles. The monoisotopic (exact) mass is 317 g/mol. The Balaban J connectivity index is 2.08. The fraction of sp³-hybridized carbons (Fsp3) is 0.471. The number of rotatable bonds is 6. The molecule has 2 aromatic rings. The second kappa shape index (κ2) is 6.91. The van der Waals surface area contributed by atoms with Crippen LogP contribution in [0.5, 0.6) is 0 Å². The van der Waals surface area contributed by atoms with Crippen molar-refractivity contribution in [3.8, 4) is 0 Å². The van der Waals surface area contributed by atoms with Gasteiger partial charge in [0.2, 0.25) is 11.8 Å². The molecule has 6 heteroatoms. The van der Waals surface area contributed by atoms with Gasteiger partial charge in [-0.1, -0.05) is 49.3 Å². The lowest BCUT2D eigenvalue weighted by Gasteiger charge is -2.25. The van der Waals surface area contributed by atoms with E-state index in [1.165, 1.54) is 0 Å². The fourth-order valence-electron chi connectivity index (χ4n) is 2.39. The third-order valence-corrected chi connectivity index (χ3v) is 3.69. The number of amides is 1. The van der Waals surface area contributed by atoms with Gasteiger partial charge in [0, 0.05) is 0 Å². The van der Waals surface area contributed by atoms with E-state index in [9.17, 15) is 9.90 Å². The van der Waals surface area contributed by atoms with Gasteiger partial charge in [0.05, 0.1) is 12.0 Å². The molecular weight excluding hydrogens is 294 g/mol. The van der Waals surface area contributed by atoms with Crippen LogP contribution in [0, 0.1) is 12.8 Å². The molecule has 2 unspecified atom stereocenters. The Morgan fingerprint density at radius 3 is 2.52 bits per heavy atom. The summed E-state index contributed by atoms with van der Waals surface area (Å²) in [5, 5.41) is 17.2. The molecule has 0 aliphatic carbocycles. The smallest absolute Gasteiger partial charge is 0.249 e. The highest BCUT2D eigenvalue weighted by Gasteiger charge is 2.30. The number of carbonyl (C=O) groups excluding carboxylic acids is 1. The first-order chi connectivity index (χ1) is 10.8. The topological polar surface area (TPSA) is 88.2 Å². The molecule has 1 heterocycles. The number of carbonyl (C=O) groups is 1. The highest BCUT2D eigenvalue weighted by molar-refractivity contribution is 5.77. The van der Waals surface area contributed by atoms with E-state index < -0.39 is 5.60 Å². The van der Waals surface area contributed by atoms with E-state index in [0.29, 0.717) is 17.3 Å². The molecule has 23 heavy (non-hydrogen) atoms. The van der Waals surface area contributed by atoms with Gasteiger partial charge in [0.15, 0.2) is 5.82 Å². The van der Waals surface area contributed by atoms with Crippen molar-refractivity contribution in [2.75, 3.05) is 0 Å². The van der Waals surface area contributed by atoms with Crippen LogP contribution in [-0.2, 0) is 10.4 Å². The number of nitrogens with zero attached hydrogens (tertiary/aromatic N) is 2. The summed E-state index contributed by atoms with van der Waals surface area (Å²) in [5.74, 6) is 0.718. The van der Waals surface area contributed by atoms with Crippen LogP contribution in [0.2, 0.25) is 0 Å². The van der Waals surface area contributed by atoms with Crippen LogP contribution < -0.4 is 5.32 Å². The normalized spacial score (nSPS) is 15.2. The minimum Gasteiger partial charge on any atom is -0.385 e. The quantitative estimate of drug-likeness (QED) is 0.854. The van der Waals surface area contributed by atoms with Crippen molar-refractivity contribution in [3.05, 3.63) is 47.6 Å². The summed E-state index contributed by atoms with van der Waals surface area (Å²) in [5.41, 5.74) is -0.539. The Kier molecular flexibility index (Phi) is 5.15. The molecule has 0 bridgehead atoms. The number of benzene rings is 1. The second-order valence-electron chi connectivity index (χ2n) is 6.29. The Morgan fingerprint density at radius 1 is 1.35 bits per heavy atom. The van der Waals surface area contributed by atoms with Crippen molar-refractivity contribution < 1.29 is 14.4 Å². The maximum absolute atomic E-state index is 12.4. The van der Waals surface area contributed by atoms with Gasteiger partial charge in [-0.05, 0) is 25.3 Å². The molecule has 1 amide bonds. The summed E-state index contributed by atoms with van der Waals surface area (Å²) < 4.78 is 5.17. The summed E-state index contributed by atoms with van der Waals surface area (Å²) in [7, 11) is 0. The largest absolute Gasteiger partial charge is 0.385 e. The lowest BCUT2D eigenvalue weighted by Crippen LogP contribution is -2.37. The summed E-state index contributed by atoms with van der Waals surface area (Å²) in [6.45, 7) is 7.27. The van der Waals surface area contributed by atoms with Crippen molar-refractivity contribution in [3.63, 3.8) is 0 Å². The van der Waals surface area contributed by atoms with Gasteiger partial charge in [-0.25, -0.2) is 0 Å². The number of nitrogens with one attached hydrogen (secondary N) is 1. The van der Waals surface area contributed by atoms with Crippen LogP contribution in [0.3, 0.4) is 0 Å². The van der Waals surface area contributed by atoms with Crippen LogP contribution >= 0.6 is 0 Å². The number of aromatic nitrogens is 2. The number of aryl methyl sites for hydroxylation is 1. The number of aliphatic hydroxyl groups is 1. The van der Waals surface area contributed by atoms with E-state index in [1.807, 2.05) is 32.0 Å². The first kappa shape index (κ1) is 17.1. The SMILES string of the molecule is Cc1noc(C(NC(=O)CC(C)(O)c2ccccc2)C(C)C)n1. The molecule has 0 fully saturated rings. The average Bonchev–Trinajstić information content (AvgIpc) is 2.91. The molecule has 0 radical (unpaired) electrons. The molecule has 2 atom stereocenters. The van der Waals surface area contributed by atoms with Crippen LogP contribution in [0.4, 0.5) is 0 Å². The summed E-state index contributed by atoms with van der Waals surface area (Å²) >= 11 is 0. The second-order valence-corrected chi connectivity index (χ2v) is 6.29. The Labute approximate surface area is 135 Å².